The van der Waals surface area contributed by atoms with Crippen LogP contribution in [0.15, 0.2) is 0 Å². The lowest BCUT2D eigenvalue weighted by atomic mass is 10.2. The van der Waals surface area contributed by atoms with Gasteiger partial charge in [0.2, 0.25) is 23.6 Å². The van der Waals surface area contributed by atoms with Gasteiger partial charge in [0.1, 0.15) is 18.1 Å². The van der Waals surface area contributed by atoms with Gasteiger partial charge in [-0.2, -0.15) is 0 Å². The summed E-state index contributed by atoms with van der Waals surface area (Å²) in [6, 6.07) is -3.45. The molecule has 0 radical (unpaired) electrons. The number of nitrogens with two attached hydrogens (primary N) is 1. The van der Waals surface area contributed by atoms with E-state index in [1.54, 1.807) is 0 Å². The molecule has 0 fully saturated rings. The van der Waals surface area contributed by atoms with Gasteiger partial charge in [-0.3, -0.25) is 19.2 Å². The van der Waals surface area contributed by atoms with E-state index in [0.29, 0.717) is 0 Å². The number of rotatable bonds is 10. The Labute approximate surface area is 153 Å². The van der Waals surface area contributed by atoms with Gasteiger partial charge in [0.15, 0.2) is 8.38 Å². The highest BCUT2D eigenvalue weighted by molar-refractivity contribution is 7.45. The fourth-order valence-corrected chi connectivity index (χ4v) is 1.96. The molecule has 0 heterocycles. The zero-order valence-electron chi connectivity index (χ0n) is 15.3. The van der Waals surface area contributed by atoms with Crippen molar-refractivity contribution in [1.82, 2.24) is 21.3 Å². The van der Waals surface area contributed by atoms with Crippen molar-refractivity contribution in [3.8, 4) is 0 Å². The quantitative estimate of drug-likeness (QED) is 0.196. The van der Waals surface area contributed by atoms with Crippen LogP contribution in [0.2, 0.25) is 0 Å². The lowest BCUT2D eigenvalue weighted by Gasteiger charge is -2.21. The first kappa shape index (κ1) is 24.2. The first-order valence-corrected chi connectivity index (χ1v) is 9.48. The summed E-state index contributed by atoms with van der Waals surface area (Å²) in [6.07, 6.45) is 0.0270. The summed E-state index contributed by atoms with van der Waals surface area (Å²) in [4.78, 5) is 64.8. The molecule has 0 unspecified atom stereocenters. The third-order valence-corrected chi connectivity index (χ3v) is 3.90. The molecule has 0 aromatic heterocycles. The molecular weight excluding hydrogens is 365 g/mol. The Bertz CT molecular complexity index is 516. The zero-order valence-corrected chi connectivity index (χ0v) is 16.2. The van der Waals surface area contributed by atoms with Crippen molar-refractivity contribution < 1.29 is 29.0 Å². The maximum absolute atomic E-state index is 12.0. The molecule has 0 saturated heterocycles. The molecule has 4 atom stereocenters. The molecular formula is C14H28N5O6P. The van der Waals surface area contributed by atoms with Crippen LogP contribution in [0.5, 0.6) is 0 Å². The average molecular weight is 393 g/mol. The molecule has 0 aliphatic carbocycles. The summed E-state index contributed by atoms with van der Waals surface area (Å²) in [5, 5.41) is 9.70. The Hall–Kier alpha value is -1.81. The van der Waals surface area contributed by atoms with E-state index in [4.69, 9.17) is 15.5 Å². The summed E-state index contributed by atoms with van der Waals surface area (Å²) >= 11 is 0. The molecule has 0 rings (SSSR count). The topological polar surface area (TPSA) is 183 Å². The molecule has 4 amide bonds. The van der Waals surface area contributed by atoms with Crippen molar-refractivity contribution in [2.45, 2.75) is 51.9 Å². The monoisotopic (exact) mass is 393 g/mol. The van der Waals surface area contributed by atoms with Crippen LogP contribution in [0.25, 0.3) is 0 Å². The van der Waals surface area contributed by atoms with Crippen LogP contribution in [0, 0.1) is 0 Å². The normalized spacial score (nSPS) is 15.4. The van der Waals surface area contributed by atoms with Crippen LogP contribution in [0.4, 0.5) is 0 Å². The number of nitrogens with one attached hydrogen (secondary N) is 4. The van der Waals surface area contributed by atoms with Gasteiger partial charge < -0.3 is 36.8 Å². The Balaban J connectivity index is 4.38. The molecule has 0 aliphatic heterocycles. The van der Waals surface area contributed by atoms with E-state index in [-0.39, 0.29) is 12.7 Å². The summed E-state index contributed by atoms with van der Waals surface area (Å²) in [5.41, 5.74) is 5.40. The molecule has 0 saturated carbocycles. The maximum Gasteiger partial charge on any atom is 0.242 e. The minimum absolute atomic E-state index is 0.0270. The number of hydrogen-bond acceptors (Lipinski definition) is 7. The molecule has 11 nitrogen and oxygen atoms in total. The highest BCUT2D eigenvalue weighted by atomic mass is 31.2. The Morgan fingerprint density at radius 3 is 1.58 bits per heavy atom. The van der Waals surface area contributed by atoms with E-state index < -0.39 is 56.2 Å². The van der Waals surface area contributed by atoms with Crippen molar-refractivity contribution in [1.29, 1.82) is 0 Å². The second-order valence-corrected chi connectivity index (χ2v) is 7.06. The Kier molecular flexibility index (Phi) is 10.9. The third kappa shape index (κ3) is 9.62. The van der Waals surface area contributed by atoms with Crippen molar-refractivity contribution in [2.75, 3.05) is 12.7 Å². The fraction of sp³-hybridized carbons (Fsp3) is 0.714. The summed E-state index contributed by atoms with van der Waals surface area (Å²) in [7, 11) is -2.09. The molecule has 26 heavy (non-hydrogen) atoms. The Morgan fingerprint density at radius 1 is 0.808 bits per heavy atom. The summed E-state index contributed by atoms with van der Waals surface area (Å²) in [5.74, 6) is -2.15. The third-order valence-electron chi connectivity index (χ3n) is 3.28. The predicted molar refractivity (Wildman–Crippen MR) is 95.7 cm³/mol. The number of carbonyl (C=O) groups excluding carboxylic acids is 4. The summed E-state index contributed by atoms with van der Waals surface area (Å²) in [6.45, 7) is 5.88. The van der Waals surface area contributed by atoms with Crippen molar-refractivity contribution in [3.05, 3.63) is 0 Å². The van der Waals surface area contributed by atoms with Gasteiger partial charge >= 0.3 is 0 Å². The predicted octanol–water partition coefficient (Wildman–Crippen LogP) is -2.74. The molecule has 150 valence electrons. The van der Waals surface area contributed by atoms with Crippen molar-refractivity contribution in [2.24, 2.45) is 5.73 Å². The van der Waals surface area contributed by atoms with E-state index in [0.717, 1.165) is 0 Å². The highest BCUT2D eigenvalue weighted by Gasteiger charge is 2.24. The van der Waals surface area contributed by atoms with Gasteiger partial charge in [-0.25, -0.2) is 0 Å². The molecule has 0 aliphatic rings. The first-order valence-electron chi connectivity index (χ1n) is 8.05. The van der Waals surface area contributed by atoms with Gasteiger partial charge in [0.05, 0.1) is 6.04 Å². The molecule has 8 N–H and O–H groups in total. The second kappa shape index (κ2) is 11.7. The number of carbonyl (C=O) groups is 4. The van der Waals surface area contributed by atoms with E-state index in [1.807, 2.05) is 0 Å². The Morgan fingerprint density at radius 2 is 1.19 bits per heavy atom. The van der Waals surface area contributed by atoms with Crippen molar-refractivity contribution in [3.63, 3.8) is 0 Å². The van der Waals surface area contributed by atoms with Crippen LogP contribution in [0.3, 0.4) is 0 Å². The summed E-state index contributed by atoms with van der Waals surface area (Å²) < 4.78 is 0. The lowest BCUT2D eigenvalue weighted by Crippen LogP contribution is -2.55. The van der Waals surface area contributed by atoms with E-state index in [9.17, 15) is 19.2 Å². The SMILES string of the molecule is C[C@H](N)C(=O)N[C@@H](C)C(=O)N[C@@H](C)C(=O)N[C@@H](C)C(=O)NCCP(O)O. The molecule has 12 heteroatoms. The van der Waals surface area contributed by atoms with Gasteiger partial charge in [0.25, 0.3) is 0 Å². The molecule has 0 spiro atoms. The standard InChI is InChI=1S/C14H28N5O6P/c1-7(15)11(20)17-9(3)13(22)19-10(4)14(23)18-8(2)12(21)16-5-6-26(24)25/h7-10,24-25H,5-6,15H2,1-4H3,(H,16,21)(H,17,20)(H,18,23)(H,19,22)/t7-,8-,9-,10-/m0/s1. The smallest absolute Gasteiger partial charge is 0.242 e. The van der Waals surface area contributed by atoms with Crippen LogP contribution < -0.4 is 27.0 Å². The minimum Gasteiger partial charge on any atom is -0.354 e. The van der Waals surface area contributed by atoms with E-state index in [1.165, 1.54) is 27.7 Å². The van der Waals surface area contributed by atoms with Crippen molar-refractivity contribution >= 4 is 32.0 Å². The van der Waals surface area contributed by atoms with E-state index in [2.05, 4.69) is 21.3 Å². The minimum atomic E-state index is -2.09. The van der Waals surface area contributed by atoms with Gasteiger partial charge in [-0.15, -0.1) is 0 Å². The highest BCUT2D eigenvalue weighted by Crippen LogP contribution is 2.20. The largest absolute Gasteiger partial charge is 0.354 e. The van der Waals surface area contributed by atoms with Gasteiger partial charge in [-0.1, -0.05) is 0 Å². The lowest BCUT2D eigenvalue weighted by molar-refractivity contribution is -0.133. The van der Waals surface area contributed by atoms with Gasteiger partial charge in [-0.05, 0) is 27.7 Å². The zero-order chi connectivity index (χ0) is 20.4. The van der Waals surface area contributed by atoms with Crippen LogP contribution >= 0.6 is 8.38 Å². The molecule has 0 bridgehead atoms. The number of amides is 4. The fourth-order valence-electron chi connectivity index (χ4n) is 1.65. The second-order valence-electron chi connectivity index (χ2n) is 5.87. The molecule has 0 aromatic rings. The van der Waals surface area contributed by atoms with Gasteiger partial charge in [0, 0.05) is 12.7 Å². The first-order chi connectivity index (χ1) is 12.0. The maximum atomic E-state index is 12.0. The van der Waals surface area contributed by atoms with E-state index >= 15 is 0 Å². The molecule has 0 aromatic carbocycles. The van der Waals surface area contributed by atoms with Crippen LogP contribution in [-0.2, 0) is 19.2 Å². The average Bonchev–Trinajstić information content (AvgIpc) is 2.53. The number of hydrogen-bond donors (Lipinski definition) is 7. The van der Waals surface area contributed by atoms with Crippen LogP contribution in [-0.4, -0.2) is 70.3 Å². The van der Waals surface area contributed by atoms with Crippen LogP contribution in [0.1, 0.15) is 27.7 Å².